The Morgan fingerprint density at radius 2 is 1.92 bits per heavy atom. The maximum atomic E-state index is 10.8. The number of carbonyl (C=O) groups is 3. The quantitative estimate of drug-likeness (QED) is 0.566. The highest BCUT2D eigenvalue weighted by Crippen LogP contribution is 2.16. The summed E-state index contributed by atoms with van der Waals surface area (Å²) in [5.41, 5.74) is 0. The molecule has 1 fully saturated rings. The molecule has 72 valence electrons. The van der Waals surface area contributed by atoms with Gasteiger partial charge in [0.05, 0.1) is 7.11 Å². The summed E-state index contributed by atoms with van der Waals surface area (Å²) in [6.45, 7) is 0. The zero-order valence-electron chi connectivity index (χ0n) is 6.55. The van der Waals surface area contributed by atoms with Gasteiger partial charge in [-0.1, -0.05) is 0 Å². The van der Waals surface area contributed by atoms with E-state index in [1.807, 2.05) is 0 Å². The molecule has 1 aliphatic rings. The van der Waals surface area contributed by atoms with Crippen molar-refractivity contribution in [2.75, 3.05) is 7.11 Å². The number of ether oxygens (including phenoxy) is 3. The largest absolute Gasteiger partial charge is 0.510 e. The number of cyclic esters (lactones) is 2. The van der Waals surface area contributed by atoms with Crippen LogP contribution in [-0.2, 0) is 23.8 Å². The third kappa shape index (κ3) is 1.68. The monoisotopic (exact) mass is 190 g/mol. The highest BCUT2D eigenvalue weighted by Gasteiger charge is 2.47. The molecule has 0 radical (unpaired) electrons. The molecule has 7 nitrogen and oxygen atoms in total. The summed E-state index contributed by atoms with van der Waals surface area (Å²) in [5.74, 6) is -2.42. The molecule has 0 aromatic rings. The van der Waals surface area contributed by atoms with Crippen LogP contribution in [0, 0.1) is 0 Å². The van der Waals surface area contributed by atoms with Crippen molar-refractivity contribution < 1.29 is 33.7 Å². The number of esters is 1. The molecule has 2 unspecified atom stereocenters. The van der Waals surface area contributed by atoms with Crippen molar-refractivity contribution in [2.45, 2.75) is 12.2 Å². The molecule has 1 rings (SSSR count). The van der Waals surface area contributed by atoms with Crippen molar-refractivity contribution in [3.05, 3.63) is 0 Å². The van der Waals surface area contributed by atoms with Crippen molar-refractivity contribution in [1.29, 1.82) is 0 Å². The number of rotatable bonds is 2. The van der Waals surface area contributed by atoms with Crippen molar-refractivity contribution >= 4 is 18.1 Å². The summed E-state index contributed by atoms with van der Waals surface area (Å²) in [6.07, 6.45) is -4.34. The standard InChI is InChI=1S/C6H6O7/c1-11-5(9)3-2(4(7)8)12-6(10)13-3/h2-3H,1H3,(H,7,8). The number of methoxy groups -OCH3 is 1. The van der Waals surface area contributed by atoms with Crippen LogP contribution in [0.5, 0.6) is 0 Å². The molecule has 0 amide bonds. The van der Waals surface area contributed by atoms with E-state index in [1.54, 1.807) is 0 Å². The third-order valence-electron chi connectivity index (χ3n) is 1.40. The predicted octanol–water partition coefficient (Wildman–Crippen LogP) is -0.852. The number of carboxylic acids is 1. The Morgan fingerprint density at radius 1 is 1.38 bits per heavy atom. The van der Waals surface area contributed by atoms with E-state index in [4.69, 9.17) is 5.11 Å². The minimum absolute atomic E-state index is 0.960. The summed E-state index contributed by atoms with van der Waals surface area (Å²) in [5, 5.41) is 8.48. The van der Waals surface area contributed by atoms with Gasteiger partial charge in [-0.25, -0.2) is 14.4 Å². The molecule has 0 aromatic carbocycles. The highest BCUT2D eigenvalue weighted by molar-refractivity contribution is 5.89. The van der Waals surface area contributed by atoms with Crippen molar-refractivity contribution in [3.8, 4) is 0 Å². The first kappa shape index (κ1) is 9.30. The molecule has 0 bridgehead atoms. The molecule has 0 spiro atoms. The number of hydrogen-bond donors (Lipinski definition) is 1. The Kier molecular flexibility index (Phi) is 2.36. The van der Waals surface area contributed by atoms with Crippen LogP contribution in [0.3, 0.4) is 0 Å². The van der Waals surface area contributed by atoms with Gasteiger partial charge in [0.25, 0.3) is 0 Å². The third-order valence-corrected chi connectivity index (χ3v) is 1.40. The van der Waals surface area contributed by atoms with E-state index in [-0.39, 0.29) is 0 Å². The fraction of sp³-hybridized carbons (Fsp3) is 0.500. The molecule has 0 aromatic heterocycles. The topological polar surface area (TPSA) is 99.1 Å². The van der Waals surface area contributed by atoms with Crippen LogP contribution in [0.1, 0.15) is 0 Å². The van der Waals surface area contributed by atoms with Crippen molar-refractivity contribution in [2.24, 2.45) is 0 Å². The Morgan fingerprint density at radius 3 is 2.38 bits per heavy atom. The Hall–Kier alpha value is -1.79. The van der Waals surface area contributed by atoms with Crippen LogP contribution in [0.2, 0.25) is 0 Å². The first-order valence-corrected chi connectivity index (χ1v) is 3.24. The molecule has 7 heteroatoms. The average molecular weight is 190 g/mol. The lowest BCUT2D eigenvalue weighted by molar-refractivity contribution is -0.158. The lowest BCUT2D eigenvalue weighted by Gasteiger charge is -2.07. The second-order valence-corrected chi connectivity index (χ2v) is 2.19. The van der Waals surface area contributed by atoms with Crippen LogP contribution in [0.4, 0.5) is 4.79 Å². The minimum Gasteiger partial charge on any atom is -0.478 e. The number of hydrogen-bond acceptors (Lipinski definition) is 6. The van der Waals surface area contributed by atoms with E-state index in [1.165, 1.54) is 0 Å². The SMILES string of the molecule is COC(=O)C1OC(=O)OC1C(=O)O. The normalized spacial score (nSPS) is 26.1. The summed E-state index contributed by atoms with van der Waals surface area (Å²) >= 11 is 0. The summed E-state index contributed by atoms with van der Waals surface area (Å²) in [6, 6.07) is 0. The second kappa shape index (κ2) is 3.30. The van der Waals surface area contributed by atoms with E-state index in [9.17, 15) is 14.4 Å². The molecular weight excluding hydrogens is 184 g/mol. The molecule has 1 aliphatic heterocycles. The molecule has 2 atom stereocenters. The van der Waals surface area contributed by atoms with E-state index in [0.717, 1.165) is 7.11 Å². The minimum atomic E-state index is -1.63. The van der Waals surface area contributed by atoms with E-state index in [0.29, 0.717) is 0 Å². The van der Waals surface area contributed by atoms with Gasteiger partial charge < -0.3 is 19.3 Å². The Labute approximate surface area is 72.2 Å². The van der Waals surface area contributed by atoms with Gasteiger partial charge in [-0.15, -0.1) is 0 Å². The van der Waals surface area contributed by atoms with Crippen molar-refractivity contribution in [3.63, 3.8) is 0 Å². The van der Waals surface area contributed by atoms with Gasteiger partial charge in [0.1, 0.15) is 0 Å². The van der Waals surface area contributed by atoms with Crippen molar-refractivity contribution in [1.82, 2.24) is 0 Å². The van der Waals surface area contributed by atoms with Crippen LogP contribution in [0.25, 0.3) is 0 Å². The first-order chi connectivity index (χ1) is 6.06. The smallest absolute Gasteiger partial charge is 0.478 e. The van der Waals surface area contributed by atoms with Gasteiger partial charge in [0.2, 0.25) is 12.2 Å². The molecule has 1 heterocycles. The molecule has 1 saturated heterocycles. The molecule has 0 aliphatic carbocycles. The fourth-order valence-corrected chi connectivity index (χ4v) is 0.826. The maximum absolute atomic E-state index is 10.8. The van der Waals surface area contributed by atoms with E-state index < -0.39 is 30.3 Å². The highest BCUT2D eigenvalue weighted by atomic mass is 16.8. The van der Waals surface area contributed by atoms with Crippen LogP contribution in [-0.4, -0.2) is 42.5 Å². The van der Waals surface area contributed by atoms with Gasteiger partial charge in [0, 0.05) is 0 Å². The number of carbonyl (C=O) groups excluding carboxylic acids is 2. The Bertz CT molecular complexity index is 258. The molecule has 0 saturated carbocycles. The first-order valence-electron chi connectivity index (χ1n) is 3.24. The molecule has 13 heavy (non-hydrogen) atoms. The van der Waals surface area contributed by atoms with Crippen LogP contribution >= 0.6 is 0 Å². The Balaban J connectivity index is 2.77. The van der Waals surface area contributed by atoms with Gasteiger partial charge >= 0.3 is 18.1 Å². The molecule has 1 N–H and O–H groups in total. The number of carboxylic acid groups (broad SMARTS) is 1. The number of aliphatic carboxylic acids is 1. The zero-order chi connectivity index (χ0) is 10.0. The van der Waals surface area contributed by atoms with Gasteiger partial charge in [-0.05, 0) is 0 Å². The fourth-order valence-electron chi connectivity index (χ4n) is 0.826. The van der Waals surface area contributed by atoms with Crippen LogP contribution < -0.4 is 0 Å². The maximum Gasteiger partial charge on any atom is 0.510 e. The van der Waals surface area contributed by atoms with Crippen LogP contribution in [0.15, 0.2) is 0 Å². The van der Waals surface area contributed by atoms with E-state index >= 15 is 0 Å². The molecular formula is C6H6O7. The van der Waals surface area contributed by atoms with Gasteiger partial charge in [-0.2, -0.15) is 0 Å². The lowest BCUT2D eigenvalue weighted by Crippen LogP contribution is -2.37. The zero-order valence-corrected chi connectivity index (χ0v) is 6.55. The van der Waals surface area contributed by atoms with Gasteiger partial charge in [0.15, 0.2) is 0 Å². The summed E-state index contributed by atoms with van der Waals surface area (Å²) in [4.78, 5) is 31.7. The lowest BCUT2D eigenvalue weighted by atomic mass is 10.2. The van der Waals surface area contributed by atoms with E-state index in [2.05, 4.69) is 14.2 Å². The average Bonchev–Trinajstić information content (AvgIpc) is 2.46. The predicted molar refractivity (Wildman–Crippen MR) is 34.8 cm³/mol. The van der Waals surface area contributed by atoms with Gasteiger partial charge in [-0.3, -0.25) is 0 Å². The summed E-state index contributed by atoms with van der Waals surface area (Å²) < 4.78 is 12.7. The second-order valence-electron chi connectivity index (χ2n) is 2.19. The summed E-state index contributed by atoms with van der Waals surface area (Å²) in [7, 11) is 1.05.